The normalized spacial score (nSPS) is 11.0. The number of carbonyl (C=O) groups is 1. The molecule has 0 aliphatic carbocycles. The molecule has 0 atom stereocenters. The number of nitrogens with two attached hydrogens (primary N) is 1. The van der Waals surface area contributed by atoms with Gasteiger partial charge >= 0.3 is 0 Å². The maximum atomic E-state index is 11.7. The maximum absolute atomic E-state index is 11.7. The number of nitrogen functional groups attached to an aromatic ring is 1. The summed E-state index contributed by atoms with van der Waals surface area (Å²) in [5.74, 6) is 0.973. The summed E-state index contributed by atoms with van der Waals surface area (Å²) in [6, 6.07) is 14.2. The van der Waals surface area contributed by atoms with Crippen LogP contribution < -0.4 is 20.6 Å². The van der Waals surface area contributed by atoms with Gasteiger partial charge in [-0.15, -0.1) is 0 Å². The van der Waals surface area contributed by atoms with Crippen molar-refractivity contribution >= 4 is 17.3 Å². The topological polar surface area (TPSA) is 85.9 Å². The average molecular weight is 313 g/mol. The molecular formula is C17H19N3O3. The Kier molecular flexibility index (Phi) is 5.57. The van der Waals surface area contributed by atoms with Gasteiger partial charge in [-0.05, 0) is 48.9 Å². The smallest absolute Gasteiger partial charge is 0.277 e. The van der Waals surface area contributed by atoms with Crippen molar-refractivity contribution in [1.29, 1.82) is 0 Å². The van der Waals surface area contributed by atoms with Crippen LogP contribution in [0.3, 0.4) is 0 Å². The second-order valence-corrected chi connectivity index (χ2v) is 4.82. The minimum atomic E-state index is -0.337. The van der Waals surface area contributed by atoms with E-state index in [1.54, 1.807) is 50.4 Å². The molecule has 0 aliphatic heterocycles. The second-order valence-electron chi connectivity index (χ2n) is 4.82. The number of nitrogens with zero attached hydrogens (tertiary/aromatic N) is 1. The second kappa shape index (κ2) is 7.84. The number of hydrazone groups is 1. The molecule has 1 amide bonds. The van der Waals surface area contributed by atoms with E-state index in [1.807, 2.05) is 12.1 Å². The molecule has 23 heavy (non-hydrogen) atoms. The number of methoxy groups -OCH3 is 1. The Balaban J connectivity index is 1.84. The lowest BCUT2D eigenvalue weighted by Crippen LogP contribution is -2.25. The van der Waals surface area contributed by atoms with E-state index in [4.69, 9.17) is 15.2 Å². The van der Waals surface area contributed by atoms with Gasteiger partial charge < -0.3 is 15.2 Å². The first-order chi connectivity index (χ1) is 11.1. The van der Waals surface area contributed by atoms with E-state index in [0.717, 1.165) is 11.3 Å². The van der Waals surface area contributed by atoms with Crippen LogP contribution in [0.25, 0.3) is 0 Å². The van der Waals surface area contributed by atoms with Crippen LogP contribution in [0.4, 0.5) is 5.69 Å². The summed E-state index contributed by atoms with van der Waals surface area (Å²) in [7, 11) is 1.59. The summed E-state index contributed by atoms with van der Waals surface area (Å²) < 4.78 is 10.4. The first-order valence-electron chi connectivity index (χ1n) is 7.04. The van der Waals surface area contributed by atoms with Crippen LogP contribution in [0.1, 0.15) is 12.5 Å². The Bertz CT molecular complexity index is 679. The van der Waals surface area contributed by atoms with Gasteiger partial charge in [-0.25, -0.2) is 5.43 Å². The van der Waals surface area contributed by atoms with Crippen molar-refractivity contribution in [3.63, 3.8) is 0 Å². The first-order valence-corrected chi connectivity index (χ1v) is 7.04. The fourth-order valence-electron chi connectivity index (χ4n) is 1.79. The molecule has 3 N–H and O–H groups in total. The molecule has 6 heteroatoms. The molecule has 0 fully saturated rings. The molecule has 120 valence electrons. The minimum Gasteiger partial charge on any atom is -0.497 e. The van der Waals surface area contributed by atoms with Gasteiger partial charge in [-0.2, -0.15) is 5.10 Å². The molecule has 0 saturated heterocycles. The molecule has 2 aromatic rings. The van der Waals surface area contributed by atoms with E-state index in [9.17, 15) is 4.79 Å². The van der Waals surface area contributed by atoms with Gasteiger partial charge in [0.25, 0.3) is 5.91 Å². The zero-order valence-electron chi connectivity index (χ0n) is 13.1. The SMILES string of the molecule is COc1ccc(OCC(=O)N/N=C(/C)c2ccc(N)cc2)cc1. The number of carbonyl (C=O) groups excluding carboxylic acids is 1. The van der Waals surface area contributed by atoms with Gasteiger partial charge in [0.15, 0.2) is 6.61 Å². The molecule has 0 heterocycles. The van der Waals surface area contributed by atoms with E-state index in [-0.39, 0.29) is 12.5 Å². The summed E-state index contributed by atoms with van der Waals surface area (Å²) in [6.45, 7) is 1.68. The molecular weight excluding hydrogens is 294 g/mol. The number of rotatable bonds is 6. The zero-order valence-corrected chi connectivity index (χ0v) is 13.1. The first kappa shape index (κ1) is 16.4. The van der Waals surface area contributed by atoms with Crippen LogP contribution in [0.2, 0.25) is 0 Å². The maximum Gasteiger partial charge on any atom is 0.277 e. The van der Waals surface area contributed by atoms with Crippen molar-refractivity contribution in [2.75, 3.05) is 19.5 Å². The fourth-order valence-corrected chi connectivity index (χ4v) is 1.79. The predicted octanol–water partition coefficient (Wildman–Crippen LogP) is 2.20. The van der Waals surface area contributed by atoms with Gasteiger partial charge in [0.05, 0.1) is 12.8 Å². The van der Waals surface area contributed by atoms with E-state index in [1.165, 1.54) is 0 Å². The summed E-state index contributed by atoms with van der Waals surface area (Å²) >= 11 is 0. The van der Waals surface area contributed by atoms with Crippen molar-refractivity contribution in [3.05, 3.63) is 54.1 Å². The van der Waals surface area contributed by atoms with Crippen LogP contribution in [-0.4, -0.2) is 25.3 Å². The van der Waals surface area contributed by atoms with Crippen LogP contribution >= 0.6 is 0 Å². The number of hydrogen-bond donors (Lipinski definition) is 2. The molecule has 2 aromatic carbocycles. The minimum absolute atomic E-state index is 0.120. The Morgan fingerprint density at radius 2 is 1.70 bits per heavy atom. The van der Waals surface area contributed by atoms with Crippen LogP contribution in [0.15, 0.2) is 53.6 Å². The van der Waals surface area contributed by atoms with Gasteiger partial charge in [-0.1, -0.05) is 12.1 Å². The van der Waals surface area contributed by atoms with Gasteiger partial charge in [0.2, 0.25) is 0 Å². The van der Waals surface area contributed by atoms with E-state index in [0.29, 0.717) is 17.1 Å². The Morgan fingerprint density at radius 1 is 1.09 bits per heavy atom. The Labute approximate surface area is 134 Å². The monoisotopic (exact) mass is 313 g/mol. The number of amides is 1. The summed E-state index contributed by atoms with van der Waals surface area (Å²) in [5, 5.41) is 4.04. The van der Waals surface area contributed by atoms with Crippen molar-refractivity contribution in [2.24, 2.45) is 5.10 Å². The van der Waals surface area contributed by atoms with Gasteiger partial charge in [0.1, 0.15) is 11.5 Å². The lowest BCUT2D eigenvalue weighted by molar-refractivity contribution is -0.123. The van der Waals surface area contributed by atoms with Crippen molar-refractivity contribution in [2.45, 2.75) is 6.92 Å². The van der Waals surface area contributed by atoms with Crippen molar-refractivity contribution in [3.8, 4) is 11.5 Å². The highest BCUT2D eigenvalue weighted by Crippen LogP contribution is 2.16. The Morgan fingerprint density at radius 3 is 2.30 bits per heavy atom. The molecule has 0 unspecified atom stereocenters. The van der Waals surface area contributed by atoms with E-state index >= 15 is 0 Å². The molecule has 0 aromatic heterocycles. The molecule has 2 rings (SSSR count). The zero-order chi connectivity index (χ0) is 16.7. The van der Waals surface area contributed by atoms with Crippen molar-refractivity contribution < 1.29 is 14.3 Å². The van der Waals surface area contributed by atoms with Gasteiger partial charge in [-0.3, -0.25) is 4.79 Å². The van der Waals surface area contributed by atoms with Gasteiger partial charge in [0, 0.05) is 5.69 Å². The molecule has 6 nitrogen and oxygen atoms in total. The largest absolute Gasteiger partial charge is 0.497 e. The highest BCUT2D eigenvalue weighted by atomic mass is 16.5. The average Bonchev–Trinajstić information content (AvgIpc) is 2.59. The third-order valence-electron chi connectivity index (χ3n) is 3.11. The highest BCUT2D eigenvalue weighted by molar-refractivity contribution is 5.99. The quantitative estimate of drug-likeness (QED) is 0.486. The van der Waals surface area contributed by atoms with E-state index < -0.39 is 0 Å². The number of ether oxygens (including phenoxy) is 2. The standard InChI is InChI=1S/C17H19N3O3/c1-12(13-3-5-14(18)6-4-13)19-20-17(21)11-23-16-9-7-15(22-2)8-10-16/h3-10H,11,18H2,1-2H3,(H,20,21)/b19-12-. The lowest BCUT2D eigenvalue weighted by Gasteiger charge is -2.07. The predicted molar refractivity (Wildman–Crippen MR) is 89.7 cm³/mol. The third kappa shape index (κ3) is 5.03. The Hall–Kier alpha value is -3.02. The summed E-state index contributed by atoms with van der Waals surface area (Å²) in [5.41, 5.74) is 10.3. The molecule has 0 aliphatic rings. The fraction of sp³-hybridized carbons (Fsp3) is 0.176. The van der Waals surface area contributed by atoms with Crippen molar-refractivity contribution in [1.82, 2.24) is 5.43 Å². The number of benzene rings is 2. The molecule has 0 radical (unpaired) electrons. The van der Waals surface area contributed by atoms with Crippen LogP contribution in [0.5, 0.6) is 11.5 Å². The molecule has 0 saturated carbocycles. The summed E-state index contributed by atoms with van der Waals surface area (Å²) in [4.78, 5) is 11.7. The number of hydrogen-bond acceptors (Lipinski definition) is 5. The van der Waals surface area contributed by atoms with E-state index in [2.05, 4.69) is 10.5 Å². The third-order valence-corrected chi connectivity index (χ3v) is 3.11. The van der Waals surface area contributed by atoms with Crippen LogP contribution in [0, 0.1) is 0 Å². The number of nitrogens with one attached hydrogen (secondary N) is 1. The molecule has 0 spiro atoms. The summed E-state index contributed by atoms with van der Waals surface area (Å²) in [6.07, 6.45) is 0. The molecule has 0 bridgehead atoms. The van der Waals surface area contributed by atoms with Crippen LogP contribution in [-0.2, 0) is 4.79 Å². The number of anilines is 1. The lowest BCUT2D eigenvalue weighted by atomic mass is 10.1. The highest BCUT2D eigenvalue weighted by Gasteiger charge is 2.03.